The first-order valence-electron chi connectivity index (χ1n) is 8.30. The molecule has 2 heterocycles. The number of piperidine rings is 1. The van der Waals surface area contributed by atoms with Crippen molar-refractivity contribution >= 4 is 29.2 Å². The lowest BCUT2D eigenvalue weighted by molar-refractivity contribution is -0.143. The molecular weight excluding hydrogens is 359 g/mol. The summed E-state index contributed by atoms with van der Waals surface area (Å²) in [7, 11) is 0. The molecule has 1 aromatic carbocycles. The van der Waals surface area contributed by atoms with Crippen LogP contribution in [0.4, 0.5) is 0 Å². The molecule has 0 saturated carbocycles. The molecule has 1 saturated heterocycles. The highest BCUT2D eigenvalue weighted by atomic mass is 35.5. The van der Waals surface area contributed by atoms with Gasteiger partial charge in [0, 0.05) is 22.8 Å². The number of benzene rings is 1. The highest BCUT2D eigenvalue weighted by Gasteiger charge is 2.33. The van der Waals surface area contributed by atoms with Gasteiger partial charge in [0.05, 0.1) is 17.7 Å². The average molecular weight is 379 g/mol. The van der Waals surface area contributed by atoms with Crippen LogP contribution in [0.15, 0.2) is 36.5 Å². The molecular formula is C19H20Cl2N2O2. The number of aryl methyl sites for hydroxylation is 1. The number of carbonyl (C=O) groups is 1. The molecule has 0 aliphatic carbocycles. The number of nitrogens with zero attached hydrogens (tertiary/aromatic N) is 2. The van der Waals surface area contributed by atoms with Gasteiger partial charge in [0.2, 0.25) is 0 Å². The summed E-state index contributed by atoms with van der Waals surface area (Å²) in [6.07, 6.45) is 3.30. The van der Waals surface area contributed by atoms with Gasteiger partial charge in [-0.2, -0.15) is 0 Å². The van der Waals surface area contributed by atoms with Gasteiger partial charge in [0.1, 0.15) is 0 Å². The van der Waals surface area contributed by atoms with Crippen LogP contribution in [0.3, 0.4) is 0 Å². The zero-order chi connectivity index (χ0) is 18.0. The SMILES string of the molecule is Cc1cccnc1C(c1ccc(Cl)cc1Cl)N1CCCC(C(=O)O)C1. The minimum atomic E-state index is -0.747. The normalized spacial score (nSPS) is 19.6. The maximum atomic E-state index is 11.5. The second-order valence-corrected chi connectivity index (χ2v) is 7.29. The van der Waals surface area contributed by atoms with Crippen LogP contribution in [0, 0.1) is 12.8 Å². The summed E-state index contributed by atoms with van der Waals surface area (Å²) in [5.41, 5.74) is 2.85. The van der Waals surface area contributed by atoms with E-state index in [9.17, 15) is 9.90 Å². The van der Waals surface area contributed by atoms with Crippen LogP contribution in [0.5, 0.6) is 0 Å². The fourth-order valence-corrected chi connectivity index (χ4v) is 3.98. The van der Waals surface area contributed by atoms with Crippen LogP contribution in [0.1, 0.15) is 35.7 Å². The van der Waals surface area contributed by atoms with Crippen molar-refractivity contribution in [2.75, 3.05) is 13.1 Å². The van der Waals surface area contributed by atoms with E-state index in [1.807, 2.05) is 31.2 Å². The van der Waals surface area contributed by atoms with E-state index in [0.717, 1.165) is 29.8 Å². The third-order valence-electron chi connectivity index (χ3n) is 4.73. The van der Waals surface area contributed by atoms with Gasteiger partial charge in [0.25, 0.3) is 0 Å². The summed E-state index contributed by atoms with van der Waals surface area (Å²) < 4.78 is 0. The van der Waals surface area contributed by atoms with Crippen molar-refractivity contribution in [1.29, 1.82) is 0 Å². The lowest BCUT2D eigenvalue weighted by atomic mass is 9.92. The number of aliphatic carboxylic acids is 1. The third kappa shape index (κ3) is 3.97. The van der Waals surface area contributed by atoms with Crippen molar-refractivity contribution in [2.45, 2.75) is 25.8 Å². The Morgan fingerprint density at radius 2 is 2.16 bits per heavy atom. The average Bonchev–Trinajstić information content (AvgIpc) is 2.59. The molecule has 132 valence electrons. The van der Waals surface area contributed by atoms with Gasteiger partial charge < -0.3 is 5.11 Å². The van der Waals surface area contributed by atoms with Crippen molar-refractivity contribution in [3.05, 3.63) is 63.4 Å². The van der Waals surface area contributed by atoms with Gasteiger partial charge in [-0.25, -0.2) is 0 Å². The van der Waals surface area contributed by atoms with Crippen LogP contribution in [-0.2, 0) is 4.79 Å². The monoisotopic (exact) mass is 378 g/mol. The molecule has 2 unspecified atom stereocenters. The molecule has 0 spiro atoms. The molecule has 6 heteroatoms. The van der Waals surface area contributed by atoms with Gasteiger partial charge in [-0.1, -0.05) is 35.3 Å². The topological polar surface area (TPSA) is 53.4 Å². The number of aromatic nitrogens is 1. The lowest BCUT2D eigenvalue weighted by Gasteiger charge is -2.37. The van der Waals surface area contributed by atoms with Gasteiger partial charge in [-0.05, 0) is 55.6 Å². The van der Waals surface area contributed by atoms with Gasteiger partial charge in [-0.3, -0.25) is 14.7 Å². The highest BCUT2D eigenvalue weighted by molar-refractivity contribution is 6.35. The first-order valence-corrected chi connectivity index (χ1v) is 9.06. The number of carboxylic acid groups (broad SMARTS) is 1. The molecule has 2 aromatic rings. The zero-order valence-electron chi connectivity index (χ0n) is 14.0. The largest absolute Gasteiger partial charge is 0.481 e. The number of carboxylic acids is 1. The smallest absolute Gasteiger partial charge is 0.307 e. The fraction of sp³-hybridized carbons (Fsp3) is 0.368. The van der Waals surface area contributed by atoms with Gasteiger partial charge in [0.15, 0.2) is 0 Å². The minimum absolute atomic E-state index is 0.187. The summed E-state index contributed by atoms with van der Waals surface area (Å²) in [5.74, 6) is -1.12. The van der Waals surface area contributed by atoms with Crippen LogP contribution in [0.2, 0.25) is 10.0 Å². The number of hydrogen-bond acceptors (Lipinski definition) is 3. The maximum absolute atomic E-state index is 11.5. The van der Waals surface area contributed by atoms with E-state index >= 15 is 0 Å². The summed E-state index contributed by atoms with van der Waals surface area (Å²) in [4.78, 5) is 18.2. The molecule has 1 aromatic heterocycles. The molecule has 0 amide bonds. The first kappa shape index (κ1) is 18.2. The minimum Gasteiger partial charge on any atom is -0.481 e. The molecule has 0 radical (unpaired) electrons. The zero-order valence-corrected chi connectivity index (χ0v) is 15.5. The van der Waals surface area contributed by atoms with Crippen LogP contribution < -0.4 is 0 Å². The first-order chi connectivity index (χ1) is 12.0. The quantitative estimate of drug-likeness (QED) is 0.845. The molecule has 25 heavy (non-hydrogen) atoms. The van der Waals surface area contributed by atoms with Crippen molar-refractivity contribution in [1.82, 2.24) is 9.88 Å². The molecule has 2 atom stereocenters. The molecule has 3 rings (SSSR count). The van der Waals surface area contributed by atoms with E-state index in [1.54, 1.807) is 12.3 Å². The Labute approximate surface area is 157 Å². The van der Waals surface area contributed by atoms with E-state index < -0.39 is 5.97 Å². The van der Waals surface area contributed by atoms with Crippen LogP contribution >= 0.6 is 23.2 Å². The summed E-state index contributed by atoms with van der Waals surface area (Å²) in [6, 6.07) is 9.17. The molecule has 4 nitrogen and oxygen atoms in total. The van der Waals surface area contributed by atoms with Crippen molar-refractivity contribution in [3.63, 3.8) is 0 Å². The number of likely N-dealkylation sites (tertiary alicyclic amines) is 1. The molecule has 1 N–H and O–H groups in total. The number of halogens is 2. The molecule has 1 fully saturated rings. The van der Waals surface area contributed by atoms with E-state index in [-0.39, 0.29) is 12.0 Å². The summed E-state index contributed by atoms with van der Waals surface area (Å²) >= 11 is 12.5. The highest BCUT2D eigenvalue weighted by Crippen LogP contribution is 2.37. The van der Waals surface area contributed by atoms with Crippen LogP contribution in [0.25, 0.3) is 0 Å². The van der Waals surface area contributed by atoms with E-state index in [1.165, 1.54) is 0 Å². The molecule has 1 aliphatic rings. The Morgan fingerprint density at radius 3 is 2.84 bits per heavy atom. The summed E-state index contributed by atoms with van der Waals surface area (Å²) in [6.45, 7) is 3.30. The van der Waals surface area contributed by atoms with E-state index in [0.29, 0.717) is 23.0 Å². The Bertz CT molecular complexity index is 782. The second kappa shape index (κ2) is 7.73. The number of hydrogen-bond donors (Lipinski definition) is 1. The van der Waals surface area contributed by atoms with Crippen molar-refractivity contribution < 1.29 is 9.90 Å². The maximum Gasteiger partial charge on any atom is 0.307 e. The predicted molar refractivity (Wildman–Crippen MR) is 99.2 cm³/mol. The standard InChI is InChI=1S/C19H20Cl2N2O2/c1-12-4-2-8-22-17(12)18(15-7-6-14(20)10-16(15)21)23-9-3-5-13(11-23)19(24)25/h2,4,6-8,10,13,18H,3,5,9,11H2,1H3,(H,24,25). The fourth-order valence-electron chi connectivity index (χ4n) is 3.47. The van der Waals surface area contributed by atoms with Crippen molar-refractivity contribution in [2.24, 2.45) is 5.92 Å². The number of pyridine rings is 1. The van der Waals surface area contributed by atoms with Gasteiger partial charge in [-0.15, -0.1) is 0 Å². The van der Waals surface area contributed by atoms with Crippen LogP contribution in [-0.4, -0.2) is 34.0 Å². The molecule has 0 bridgehead atoms. The predicted octanol–water partition coefficient (Wildman–Crippen LogP) is 4.58. The lowest BCUT2D eigenvalue weighted by Crippen LogP contribution is -2.41. The van der Waals surface area contributed by atoms with Crippen molar-refractivity contribution in [3.8, 4) is 0 Å². The summed E-state index contributed by atoms with van der Waals surface area (Å²) in [5, 5.41) is 10.6. The second-order valence-electron chi connectivity index (χ2n) is 6.45. The Balaban J connectivity index is 2.06. The molecule has 1 aliphatic heterocycles. The van der Waals surface area contributed by atoms with E-state index in [4.69, 9.17) is 23.2 Å². The van der Waals surface area contributed by atoms with Gasteiger partial charge >= 0.3 is 5.97 Å². The Hall–Kier alpha value is -1.62. The third-order valence-corrected chi connectivity index (χ3v) is 5.30. The number of rotatable bonds is 4. The van der Waals surface area contributed by atoms with E-state index in [2.05, 4.69) is 9.88 Å². The Kier molecular flexibility index (Phi) is 5.62. The Morgan fingerprint density at radius 1 is 1.36 bits per heavy atom.